The molecule has 1 N–H and O–H groups in total. The van der Waals surface area contributed by atoms with Gasteiger partial charge in [0.25, 0.3) is 0 Å². The van der Waals surface area contributed by atoms with Crippen LogP contribution in [0.5, 0.6) is 5.75 Å². The summed E-state index contributed by atoms with van der Waals surface area (Å²) in [6.45, 7) is 1.52. The highest BCUT2D eigenvalue weighted by Gasteiger charge is 1.99. The van der Waals surface area contributed by atoms with Gasteiger partial charge >= 0.3 is 6.09 Å². The highest BCUT2D eigenvalue weighted by molar-refractivity contribution is 5.66. The molecular weight excluding hydrogens is 222 g/mol. The van der Waals surface area contributed by atoms with E-state index < -0.39 is 6.09 Å². The molecule has 0 radical (unpaired) electrons. The van der Waals surface area contributed by atoms with Gasteiger partial charge in [0.05, 0.1) is 13.7 Å². The fourth-order valence-corrected chi connectivity index (χ4v) is 1.19. The summed E-state index contributed by atoms with van der Waals surface area (Å²) in [5, 5.41) is 2.60. The number of hydrogen-bond acceptors (Lipinski definition) is 4. The summed E-state index contributed by atoms with van der Waals surface area (Å²) in [4.78, 5) is 10.9. The first-order valence-electron chi connectivity index (χ1n) is 5.28. The number of amides is 1. The Morgan fingerprint density at radius 1 is 1.18 bits per heavy atom. The van der Waals surface area contributed by atoms with E-state index in [1.807, 2.05) is 24.3 Å². The number of nitrogens with one attached hydrogen (secondary N) is 1. The van der Waals surface area contributed by atoms with Crippen LogP contribution in [0.25, 0.3) is 0 Å². The van der Waals surface area contributed by atoms with Crippen LogP contribution < -0.4 is 10.1 Å². The number of alkyl carbamates (subject to hydrolysis) is 1. The first kappa shape index (κ1) is 13.3. The third-order valence-corrected chi connectivity index (χ3v) is 2.10. The van der Waals surface area contributed by atoms with E-state index in [2.05, 4.69) is 10.1 Å². The highest BCUT2D eigenvalue weighted by atomic mass is 16.5. The summed E-state index contributed by atoms with van der Waals surface area (Å²) in [5.74, 6) is 0.781. The minimum Gasteiger partial charge on any atom is -0.491 e. The molecule has 0 unspecified atom stereocenters. The van der Waals surface area contributed by atoms with E-state index in [1.165, 1.54) is 7.11 Å². The lowest BCUT2D eigenvalue weighted by Crippen LogP contribution is -2.22. The summed E-state index contributed by atoms with van der Waals surface area (Å²) in [6, 6.07) is 7.48. The number of carbonyl (C=O) groups excluding carboxylic acids is 1. The lowest BCUT2D eigenvalue weighted by molar-refractivity contribution is 0.146. The first-order valence-corrected chi connectivity index (χ1v) is 5.28. The topological polar surface area (TPSA) is 56.8 Å². The number of benzene rings is 1. The van der Waals surface area contributed by atoms with Crippen molar-refractivity contribution in [3.05, 3.63) is 29.8 Å². The van der Waals surface area contributed by atoms with Crippen molar-refractivity contribution in [2.75, 3.05) is 27.4 Å². The molecule has 0 saturated carbocycles. The molecular formula is C12H17NO4. The second-order valence-electron chi connectivity index (χ2n) is 3.33. The largest absolute Gasteiger partial charge is 0.491 e. The minimum absolute atomic E-state index is 0.436. The zero-order chi connectivity index (χ0) is 12.5. The second kappa shape index (κ2) is 7.51. The van der Waals surface area contributed by atoms with E-state index in [0.717, 1.165) is 11.3 Å². The van der Waals surface area contributed by atoms with Crippen LogP contribution in [0.3, 0.4) is 0 Å². The smallest absolute Gasteiger partial charge is 0.407 e. The van der Waals surface area contributed by atoms with Gasteiger partial charge in [-0.15, -0.1) is 0 Å². The van der Waals surface area contributed by atoms with Crippen LogP contribution in [0, 0.1) is 0 Å². The van der Waals surface area contributed by atoms with E-state index in [9.17, 15) is 4.79 Å². The summed E-state index contributed by atoms with van der Waals surface area (Å²) in [6.07, 6.45) is -0.439. The van der Waals surface area contributed by atoms with Gasteiger partial charge in [0, 0.05) is 13.7 Å². The molecule has 1 aromatic rings. The standard InChI is InChI=1S/C12H17NO4/c1-15-7-8-17-11-5-3-10(4-6-11)9-13-12(14)16-2/h3-6H,7-9H2,1-2H3,(H,13,14). The average Bonchev–Trinajstić information content (AvgIpc) is 2.37. The molecule has 5 nitrogen and oxygen atoms in total. The van der Waals surface area contributed by atoms with E-state index in [1.54, 1.807) is 7.11 Å². The zero-order valence-corrected chi connectivity index (χ0v) is 10.1. The molecule has 94 valence electrons. The van der Waals surface area contributed by atoms with Gasteiger partial charge in [0.2, 0.25) is 0 Å². The Hall–Kier alpha value is -1.75. The zero-order valence-electron chi connectivity index (χ0n) is 10.1. The van der Waals surface area contributed by atoms with E-state index in [-0.39, 0.29) is 0 Å². The fraction of sp³-hybridized carbons (Fsp3) is 0.417. The van der Waals surface area contributed by atoms with Crippen LogP contribution >= 0.6 is 0 Å². The number of ether oxygens (including phenoxy) is 3. The molecule has 1 amide bonds. The predicted octanol–water partition coefficient (Wildman–Crippen LogP) is 1.57. The summed E-state index contributed by atoms with van der Waals surface area (Å²) >= 11 is 0. The van der Waals surface area contributed by atoms with Gasteiger partial charge in [0.1, 0.15) is 12.4 Å². The minimum atomic E-state index is -0.439. The van der Waals surface area contributed by atoms with Gasteiger partial charge in [-0.3, -0.25) is 0 Å². The van der Waals surface area contributed by atoms with Crippen LogP contribution in [0.1, 0.15) is 5.56 Å². The molecule has 0 aliphatic rings. The number of rotatable bonds is 6. The molecule has 0 bridgehead atoms. The molecule has 0 aromatic heterocycles. The Balaban J connectivity index is 2.36. The van der Waals surface area contributed by atoms with Crippen LogP contribution in [0.15, 0.2) is 24.3 Å². The van der Waals surface area contributed by atoms with Gasteiger partial charge in [-0.05, 0) is 17.7 Å². The Morgan fingerprint density at radius 3 is 2.47 bits per heavy atom. The molecule has 0 saturated heterocycles. The lowest BCUT2D eigenvalue weighted by Gasteiger charge is -2.07. The normalized spacial score (nSPS) is 9.76. The highest BCUT2D eigenvalue weighted by Crippen LogP contribution is 2.11. The monoisotopic (exact) mass is 239 g/mol. The molecule has 1 rings (SSSR count). The van der Waals surface area contributed by atoms with Crippen molar-refractivity contribution in [3.63, 3.8) is 0 Å². The number of carbonyl (C=O) groups is 1. The Labute approximate surface area is 101 Å². The van der Waals surface area contributed by atoms with Crippen LogP contribution in [0.2, 0.25) is 0 Å². The van der Waals surface area contributed by atoms with Crippen molar-refractivity contribution in [1.82, 2.24) is 5.32 Å². The van der Waals surface area contributed by atoms with Gasteiger partial charge in [-0.1, -0.05) is 12.1 Å². The SMILES string of the molecule is COCCOc1ccc(CNC(=O)OC)cc1. The Kier molecular flexibility index (Phi) is 5.88. The molecule has 0 atom stereocenters. The van der Waals surface area contributed by atoms with Gasteiger partial charge in [-0.25, -0.2) is 4.79 Å². The molecule has 0 fully saturated rings. The second-order valence-corrected chi connectivity index (χ2v) is 3.33. The molecule has 0 heterocycles. The van der Waals surface area contributed by atoms with Crippen LogP contribution in [-0.4, -0.2) is 33.5 Å². The quantitative estimate of drug-likeness (QED) is 0.765. The molecule has 0 aliphatic heterocycles. The average molecular weight is 239 g/mol. The van der Waals surface area contributed by atoms with Crippen molar-refractivity contribution in [3.8, 4) is 5.75 Å². The number of methoxy groups -OCH3 is 2. The third kappa shape index (κ3) is 5.21. The molecule has 5 heteroatoms. The van der Waals surface area contributed by atoms with Crippen molar-refractivity contribution in [2.45, 2.75) is 6.54 Å². The summed E-state index contributed by atoms with van der Waals surface area (Å²) < 4.78 is 14.8. The Bertz CT molecular complexity index is 337. The molecule has 0 spiro atoms. The van der Waals surface area contributed by atoms with Crippen LogP contribution in [0.4, 0.5) is 4.79 Å². The third-order valence-electron chi connectivity index (χ3n) is 2.10. The van der Waals surface area contributed by atoms with Crippen LogP contribution in [-0.2, 0) is 16.0 Å². The molecule has 17 heavy (non-hydrogen) atoms. The molecule has 0 aliphatic carbocycles. The van der Waals surface area contributed by atoms with E-state index in [0.29, 0.717) is 19.8 Å². The maximum atomic E-state index is 10.9. The van der Waals surface area contributed by atoms with Gasteiger partial charge < -0.3 is 19.5 Å². The lowest BCUT2D eigenvalue weighted by atomic mass is 10.2. The molecule has 1 aromatic carbocycles. The van der Waals surface area contributed by atoms with Crippen molar-refractivity contribution < 1.29 is 19.0 Å². The first-order chi connectivity index (χ1) is 8.26. The Morgan fingerprint density at radius 2 is 1.88 bits per heavy atom. The van der Waals surface area contributed by atoms with E-state index >= 15 is 0 Å². The van der Waals surface area contributed by atoms with Gasteiger partial charge in [0.15, 0.2) is 0 Å². The number of hydrogen-bond donors (Lipinski definition) is 1. The maximum absolute atomic E-state index is 10.9. The van der Waals surface area contributed by atoms with E-state index in [4.69, 9.17) is 9.47 Å². The fourth-order valence-electron chi connectivity index (χ4n) is 1.19. The summed E-state index contributed by atoms with van der Waals surface area (Å²) in [7, 11) is 2.97. The van der Waals surface area contributed by atoms with Crippen molar-refractivity contribution in [1.29, 1.82) is 0 Å². The maximum Gasteiger partial charge on any atom is 0.407 e. The van der Waals surface area contributed by atoms with Gasteiger partial charge in [-0.2, -0.15) is 0 Å². The predicted molar refractivity (Wildman–Crippen MR) is 63.1 cm³/mol. The van der Waals surface area contributed by atoms with Crippen molar-refractivity contribution >= 4 is 6.09 Å². The van der Waals surface area contributed by atoms with Crippen molar-refractivity contribution in [2.24, 2.45) is 0 Å². The summed E-state index contributed by atoms with van der Waals surface area (Å²) in [5.41, 5.74) is 0.981.